The maximum Gasteiger partial charge on any atom is 0.417 e. The lowest BCUT2D eigenvalue weighted by atomic mass is 10.1. The van der Waals surface area contributed by atoms with Gasteiger partial charge in [-0.05, 0) is 24.1 Å². The molecule has 18 heavy (non-hydrogen) atoms. The molecule has 0 bridgehead atoms. The van der Waals surface area contributed by atoms with E-state index in [2.05, 4.69) is 5.32 Å². The molecule has 0 fully saturated rings. The lowest BCUT2D eigenvalue weighted by molar-refractivity contribution is -0.137. The van der Waals surface area contributed by atoms with Gasteiger partial charge in [-0.1, -0.05) is 24.6 Å². The van der Waals surface area contributed by atoms with E-state index in [0.717, 1.165) is 6.07 Å². The molecule has 0 unspecified atom stereocenters. The summed E-state index contributed by atoms with van der Waals surface area (Å²) in [4.78, 5) is 0. The largest absolute Gasteiger partial charge is 0.417 e. The van der Waals surface area contributed by atoms with Crippen molar-refractivity contribution in [1.29, 1.82) is 0 Å². The van der Waals surface area contributed by atoms with Crippen molar-refractivity contribution in [3.63, 3.8) is 0 Å². The average Bonchev–Trinajstić information content (AvgIpc) is 2.31. The van der Waals surface area contributed by atoms with E-state index < -0.39 is 11.7 Å². The number of benzene rings is 1. The van der Waals surface area contributed by atoms with Gasteiger partial charge in [-0.2, -0.15) is 13.2 Å². The minimum atomic E-state index is -4.45. The van der Waals surface area contributed by atoms with Gasteiger partial charge < -0.3 is 10.4 Å². The van der Waals surface area contributed by atoms with Crippen molar-refractivity contribution in [3.05, 3.63) is 34.3 Å². The van der Waals surface area contributed by atoms with Gasteiger partial charge in [0.25, 0.3) is 0 Å². The van der Waals surface area contributed by atoms with Gasteiger partial charge in [0.1, 0.15) is 0 Å². The first-order valence-corrected chi connectivity index (χ1v) is 5.96. The summed E-state index contributed by atoms with van der Waals surface area (Å²) in [6.45, 7) is 2.10. The second kappa shape index (κ2) is 6.41. The maximum absolute atomic E-state index is 12.6. The van der Waals surface area contributed by atoms with E-state index in [1.165, 1.54) is 12.1 Å². The van der Waals surface area contributed by atoms with Crippen LogP contribution in [0.4, 0.5) is 13.2 Å². The molecule has 102 valence electrons. The smallest absolute Gasteiger partial charge is 0.395 e. The maximum atomic E-state index is 12.6. The molecule has 0 saturated heterocycles. The molecule has 0 spiro atoms. The van der Waals surface area contributed by atoms with E-state index in [9.17, 15) is 13.2 Å². The molecule has 0 aromatic heterocycles. The van der Waals surface area contributed by atoms with Crippen LogP contribution in [0.15, 0.2) is 18.2 Å². The monoisotopic (exact) mass is 281 g/mol. The molecule has 2 N–H and O–H groups in total. The highest BCUT2D eigenvalue weighted by Gasteiger charge is 2.33. The van der Waals surface area contributed by atoms with E-state index in [1.807, 2.05) is 6.92 Å². The van der Waals surface area contributed by atoms with E-state index in [1.54, 1.807) is 0 Å². The first kappa shape index (κ1) is 15.3. The fourth-order valence-electron chi connectivity index (χ4n) is 1.50. The lowest BCUT2D eigenvalue weighted by Gasteiger charge is -2.15. The van der Waals surface area contributed by atoms with Crippen LogP contribution in [0, 0.1) is 0 Å². The fraction of sp³-hybridized carbons (Fsp3) is 0.500. The molecule has 2 nitrogen and oxygen atoms in total. The molecule has 0 aliphatic carbocycles. The van der Waals surface area contributed by atoms with Gasteiger partial charge in [-0.3, -0.25) is 0 Å². The van der Waals surface area contributed by atoms with Crippen molar-refractivity contribution in [2.45, 2.75) is 32.1 Å². The summed E-state index contributed by atoms with van der Waals surface area (Å²) in [5.41, 5.74) is -0.348. The van der Waals surface area contributed by atoms with Crippen LogP contribution in [0.3, 0.4) is 0 Å². The van der Waals surface area contributed by atoms with Gasteiger partial charge in [-0.15, -0.1) is 0 Å². The quantitative estimate of drug-likeness (QED) is 0.868. The van der Waals surface area contributed by atoms with Crippen molar-refractivity contribution in [2.24, 2.45) is 0 Å². The van der Waals surface area contributed by atoms with Gasteiger partial charge in [0, 0.05) is 12.6 Å². The van der Waals surface area contributed by atoms with Crippen molar-refractivity contribution in [1.82, 2.24) is 5.32 Å². The zero-order chi connectivity index (χ0) is 13.8. The molecule has 1 aromatic carbocycles. The summed E-state index contributed by atoms with van der Waals surface area (Å²) in [6, 6.07) is 3.69. The summed E-state index contributed by atoms with van der Waals surface area (Å²) in [6.07, 6.45) is -3.75. The van der Waals surface area contributed by atoms with Crippen LogP contribution in [0.2, 0.25) is 5.02 Å². The van der Waals surface area contributed by atoms with E-state index in [-0.39, 0.29) is 24.2 Å². The second-order valence-corrected chi connectivity index (χ2v) is 4.39. The van der Waals surface area contributed by atoms with Gasteiger partial charge in [-0.25, -0.2) is 0 Å². The summed E-state index contributed by atoms with van der Waals surface area (Å²) in [7, 11) is 0. The van der Waals surface area contributed by atoms with Crippen molar-refractivity contribution in [3.8, 4) is 0 Å². The average molecular weight is 282 g/mol. The molecule has 0 aliphatic rings. The molecular weight excluding hydrogens is 267 g/mol. The number of nitrogens with one attached hydrogen (secondary N) is 1. The number of hydrogen-bond donors (Lipinski definition) is 2. The Kier molecular flexibility index (Phi) is 5.44. The third-order valence-electron chi connectivity index (χ3n) is 2.64. The second-order valence-electron chi connectivity index (χ2n) is 3.98. The van der Waals surface area contributed by atoms with E-state index in [4.69, 9.17) is 16.7 Å². The zero-order valence-corrected chi connectivity index (χ0v) is 10.6. The van der Waals surface area contributed by atoms with Crippen LogP contribution < -0.4 is 5.32 Å². The lowest BCUT2D eigenvalue weighted by Crippen LogP contribution is -2.31. The molecule has 0 heterocycles. The Morgan fingerprint density at radius 1 is 1.39 bits per heavy atom. The van der Waals surface area contributed by atoms with Crippen LogP contribution >= 0.6 is 11.6 Å². The number of rotatable bonds is 5. The van der Waals surface area contributed by atoms with E-state index in [0.29, 0.717) is 12.0 Å². The number of alkyl halides is 3. The van der Waals surface area contributed by atoms with Gasteiger partial charge in [0.05, 0.1) is 17.2 Å². The normalized spacial score (nSPS) is 13.7. The van der Waals surface area contributed by atoms with Gasteiger partial charge >= 0.3 is 6.18 Å². The summed E-state index contributed by atoms with van der Waals surface area (Å²) in [5, 5.41) is 11.6. The molecule has 1 rings (SSSR count). The topological polar surface area (TPSA) is 32.3 Å². The molecule has 1 aromatic rings. The third-order valence-corrected chi connectivity index (χ3v) is 2.97. The Balaban J connectivity index is 2.80. The Hall–Kier alpha value is -0.780. The number of halogens is 4. The molecule has 0 saturated carbocycles. The van der Waals surface area contributed by atoms with E-state index >= 15 is 0 Å². The summed E-state index contributed by atoms with van der Waals surface area (Å²) >= 11 is 5.52. The molecule has 6 heteroatoms. The first-order chi connectivity index (χ1) is 8.38. The zero-order valence-electron chi connectivity index (χ0n) is 9.89. The number of aliphatic hydroxyl groups excluding tert-OH is 1. The van der Waals surface area contributed by atoms with Crippen LogP contribution in [-0.2, 0) is 12.7 Å². The standard InChI is InChI=1S/C12H15ClF3NO/c1-2-9(7-18)17-6-8-3-4-11(13)10(5-8)12(14,15)16/h3-5,9,17-18H,2,6-7H2,1H3/t9-/m0/s1. The molecular formula is C12H15ClF3NO. The summed E-state index contributed by atoms with van der Waals surface area (Å²) in [5.74, 6) is 0. The van der Waals surface area contributed by atoms with Gasteiger partial charge in [0.15, 0.2) is 0 Å². The third kappa shape index (κ3) is 4.15. The predicted molar refractivity (Wildman–Crippen MR) is 64.5 cm³/mol. The van der Waals surface area contributed by atoms with Crippen molar-refractivity contribution < 1.29 is 18.3 Å². The van der Waals surface area contributed by atoms with Gasteiger partial charge in [0.2, 0.25) is 0 Å². The number of hydrogen-bond acceptors (Lipinski definition) is 2. The van der Waals surface area contributed by atoms with Crippen LogP contribution in [0.5, 0.6) is 0 Å². The minimum Gasteiger partial charge on any atom is -0.395 e. The highest BCUT2D eigenvalue weighted by Crippen LogP contribution is 2.35. The fourth-order valence-corrected chi connectivity index (χ4v) is 1.72. The first-order valence-electron chi connectivity index (χ1n) is 5.58. The van der Waals surface area contributed by atoms with Crippen molar-refractivity contribution in [2.75, 3.05) is 6.61 Å². The van der Waals surface area contributed by atoms with Crippen molar-refractivity contribution >= 4 is 11.6 Å². The molecule has 0 amide bonds. The molecule has 0 aliphatic heterocycles. The van der Waals surface area contributed by atoms with Crippen LogP contribution in [0.25, 0.3) is 0 Å². The Bertz CT molecular complexity index is 391. The Labute approximate surface area is 109 Å². The highest BCUT2D eigenvalue weighted by atomic mass is 35.5. The van der Waals surface area contributed by atoms with Crippen LogP contribution in [-0.4, -0.2) is 17.8 Å². The Morgan fingerprint density at radius 2 is 2.06 bits per heavy atom. The predicted octanol–water partition coefficient (Wildman–Crippen LogP) is 3.22. The SMILES string of the molecule is CC[C@@H](CO)NCc1ccc(Cl)c(C(F)(F)F)c1. The summed E-state index contributed by atoms with van der Waals surface area (Å²) < 4.78 is 37.8. The number of aliphatic hydroxyl groups is 1. The van der Waals surface area contributed by atoms with Crippen LogP contribution in [0.1, 0.15) is 24.5 Å². The minimum absolute atomic E-state index is 0.0454. The molecule has 1 atom stereocenters. The highest BCUT2D eigenvalue weighted by molar-refractivity contribution is 6.31. The Morgan fingerprint density at radius 3 is 2.56 bits per heavy atom. The molecule has 0 radical (unpaired) electrons.